The second-order valence-electron chi connectivity index (χ2n) is 5.19. The normalized spacial score (nSPS) is 10.8. The van der Waals surface area contributed by atoms with Gasteiger partial charge in [-0.25, -0.2) is 0 Å². The van der Waals surface area contributed by atoms with Crippen LogP contribution in [0, 0.1) is 6.92 Å². The lowest BCUT2D eigenvalue weighted by Crippen LogP contribution is -2.24. The number of aryl methyl sites for hydroxylation is 1. The molecule has 5 nitrogen and oxygen atoms in total. The van der Waals surface area contributed by atoms with Crippen LogP contribution in [-0.2, 0) is 6.54 Å². The van der Waals surface area contributed by atoms with E-state index in [4.69, 9.17) is 5.73 Å². The summed E-state index contributed by atoms with van der Waals surface area (Å²) >= 11 is 0. The average Bonchev–Trinajstić information content (AvgIpc) is 2.77. The zero-order valence-corrected chi connectivity index (χ0v) is 12.0. The van der Waals surface area contributed by atoms with Gasteiger partial charge in [-0.1, -0.05) is 38.1 Å². The summed E-state index contributed by atoms with van der Waals surface area (Å²) in [5.41, 5.74) is 9.46. The molecule has 0 spiro atoms. The molecule has 2 rings (SSSR count). The first-order valence-corrected chi connectivity index (χ1v) is 6.66. The van der Waals surface area contributed by atoms with Crippen LogP contribution in [0.5, 0.6) is 0 Å². The number of nitrogens with zero attached hydrogens (tertiary/aromatic N) is 1. The number of rotatable bonds is 4. The van der Waals surface area contributed by atoms with Gasteiger partial charge in [0.25, 0.3) is 5.91 Å². The highest BCUT2D eigenvalue weighted by molar-refractivity contribution is 5.97. The summed E-state index contributed by atoms with van der Waals surface area (Å²) in [5.74, 6) is 0.241. The first-order valence-electron chi connectivity index (χ1n) is 6.66. The number of H-pyrrole nitrogens is 1. The number of aromatic nitrogens is 2. The third kappa shape index (κ3) is 2.99. The quantitative estimate of drug-likeness (QED) is 0.798. The molecule has 106 valence electrons. The molecule has 2 aromatic rings. The van der Waals surface area contributed by atoms with E-state index in [1.54, 1.807) is 6.92 Å². The zero-order valence-electron chi connectivity index (χ0n) is 12.0. The number of nitrogens with one attached hydrogen (secondary N) is 2. The smallest absolute Gasteiger partial charge is 0.274 e. The molecule has 1 amide bonds. The van der Waals surface area contributed by atoms with Crippen molar-refractivity contribution in [2.45, 2.75) is 33.2 Å². The third-order valence-corrected chi connectivity index (χ3v) is 3.31. The molecule has 20 heavy (non-hydrogen) atoms. The van der Waals surface area contributed by atoms with Gasteiger partial charge in [-0.15, -0.1) is 0 Å². The van der Waals surface area contributed by atoms with Gasteiger partial charge in [-0.05, 0) is 24.0 Å². The second kappa shape index (κ2) is 5.77. The SMILES string of the molecule is Cc1[nH]nc(C(=O)NCc2ccc(C(C)C)cc2)c1N. The topological polar surface area (TPSA) is 83.8 Å². The minimum Gasteiger partial charge on any atom is -0.395 e. The summed E-state index contributed by atoms with van der Waals surface area (Å²) < 4.78 is 0. The summed E-state index contributed by atoms with van der Waals surface area (Å²) in [4.78, 5) is 12.0. The second-order valence-corrected chi connectivity index (χ2v) is 5.19. The van der Waals surface area contributed by atoms with Crippen molar-refractivity contribution in [1.82, 2.24) is 15.5 Å². The fourth-order valence-electron chi connectivity index (χ4n) is 1.90. The van der Waals surface area contributed by atoms with E-state index in [0.29, 0.717) is 23.8 Å². The van der Waals surface area contributed by atoms with E-state index in [1.807, 2.05) is 12.1 Å². The Kier molecular flexibility index (Phi) is 4.08. The maximum absolute atomic E-state index is 12.0. The number of anilines is 1. The standard InChI is InChI=1S/C15H20N4O/c1-9(2)12-6-4-11(5-7-12)8-17-15(20)14-13(16)10(3)18-19-14/h4-7,9H,8,16H2,1-3H3,(H,17,20)(H,18,19). The molecule has 0 atom stereocenters. The van der Waals surface area contributed by atoms with E-state index in [1.165, 1.54) is 5.56 Å². The molecule has 0 saturated carbocycles. The molecular weight excluding hydrogens is 252 g/mol. The first-order chi connectivity index (χ1) is 9.49. The maximum atomic E-state index is 12.0. The average molecular weight is 272 g/mol. The Morgan fingerprint density at radius 2 is 2.00 bits per heavy atom. The summed E-state index contributed by atoms with van der Waals surface area (Å²) in [7, 11) is 0. The lowest BCUT2D eigenvalue weighted by atomic mass is 10.0. The Morgan fingerprint density at radius 1 is 1.35 bits per heavy atom. The molecule has 0 radical (unpaired) electrons. The number of amides is 1. The molecule has 0 bridgehead atoms. The molecule has 5 heteroatoms. The van der Waals surface area contributed by atoms with Crippen molar-refractivity contribution in [1.29, 1.82) is 0 Å². The number of nitrogen functional groups attached to an aromatic ring is 1. The van der Waals surface area contributed by atoms with Crippen LogP contribution in [0.15, 0.2) is 24.3 Å². The predicted octanol–water partition coefficient (Wildman–Crippen LogP) is 2.35. The molecule has 4 N–H and O–H groups in total. The Morgan fingerprint density at radius 3 is 2.50 bits per heavy atom. The summed E-state index contributed by atoms with van der Waals surface area (Å²) in [6, 6.07) is 8.21. The monoisotopic (exact) mass is 272 g/mol. The van der Waals surface area contributed by atoms with E-state index in [9.17, 15) is 4.79 Å². The highest BCUT2D eigenvalue weighted by atomic mass is 16.1. The third-order valence-electron chi connectivity index (χ3n) is 3.31. The van der Waals surface area contributed by atoms with Crippen LogP contribution in [0.4, 0.5) is 5.69 Å². The van der Waals surface area contributed by atoms with Gasteiger partial charge >= 0.3 is 0 Å². The molecule has 1 aromatic carbocycles. The van der Waals surface area contributed by atoms with Crippen LogP contribution < -0.4 is 11.1 Å². The van der Waals surface area contributed by atoms with Gasteiger partial charge in [-0.2, -0.15) is 5.10 Å². The fourth-order valence-corrected chi connectivity index (χ4v) is 1.90. The lowest BCUT2D eigenvalue weighted by Gasteiger charge is -2.08. The number of nitrogens with two attached hydrogens (primary N) is 1. The number of benzene rings is 1. The number of carbonyl (C=O) groups excluding carboxylic acids is 1. The summed E-state index contributed by atoms with van der Waals surface area (Å²) in [6.07, 6.45) is 0. The van der Waals surface area contributed by atoms with Crippen molar-refractivity contribution in [3.63, 3.8) is 0 Å². The van der Waals surface area contributed by atoms with Crippen LogP contribution in [0.25, 0.3) is 0 Å². The number of hydrogen-bond donors (Lipinski definition) is 3. The lowest BCUT2D eigenvalue weighted by molar-refractivity contribution is 0.0947. The molecular formula is C15H20N4O. The van der Waals surface area contributed by atoms with Gasteiger partial charge in [-0.3, -0.25) is 9.89 Å². The summed E-state index contributed by atoms with van der Waals surface area (Å²) in [6.45, 7) is 6.55. The Labute approximate surface area is 118 Å². The largest absolute Gasteiger partial charge is 0.395 e. The predicted molar refractivity (Wildman–Crippen MR) is 79.4 cm³/mol. The number of carbonyl (C=O) groups is 1. The Bertz CT molecular complexity index is 599. The minimum absolute atomic E-state index is 0.251. The molecule has 0 fully saturated rings. The van der Waals surface area contributed by atoms with Crippen LogP contribution in [0.2, 0.25) is 0 Å². The van der Waals surface area contributed by atoms with Crippen molar-refractivity contribution in [3.05, 3.63) is 46.8 Å². The van der Waals surface area contributed by atoms with E-state index in [0.717, 1.165) is 5.56 Å². The van der Waals surface area contributed by atoms with Crippen LogP contribution in [0.1, 0.15) is 47.1 Å². The van der Waals surface area contributed by atoms with Crippen molar-refractivity contribution < 1.29 is 4.79 Å². The molecule has 0 aliphatic heterocycles. The van der Waals surface area contributed by atoms with Gasteiger partial charge in [0.15, 0.2) is 5.69 Å². The van der Waals surface area contributed by atoms with Gasteiger partial charge in [0.05, 0.1) is 11.4 Å². The molecule has 0 aliphatic carbocycles. The van der Waals surface area contributed by atoms with Crippen molar-refractivity contribution in [2.24, 2.45) is 0 Å². The first kappa shape index (κ1) is 14.1. The zero-order chi connectivity index (χ0) is 14.7. The molecule has 0 unspecified atom stereocenters. The molecule has 0 aliphatic rings. The number of hydrogen-bond acceptors (Lipinski definition) is 3. The van der Waals surface area contributed by atoms with Gasteiger partial charge < -0.3 is 11.1 Å². The van der Waals surface area contributed by atoms with Crippen LogP contribution in [0.3, 0.4) is 0 Å². The number of aromatic amines is 1. The van der Waals surface area contributed by atoms with Gasteiger partial charge in [0.1, 0.15) is 0 Å². The minimum atomic E-state index is -0.264. The molecule has 1 heterocycles. The van der Waals surface area contributed by atoms with E-state index in [-0.39, 0.29) is 11.6 Å². The molecule has 1 aromatic heterocycles. The van der Waals surface area contributed by atoms with Gasteiger partial charge in [0, 0.05) is 6.54 Å². The highest BCUT2D eigenvalue weighted by Gasteiger charge is 2.14. The Balaban J connectivity index is 1.98. The Hall–Kier alpha value is -2.30. The van der Waals surface area contributed by atoms with Crippen LogP contribution in [-0.4, -0.2) is 16.1 Å². The van der Waals surface area contributed by atoms with Crippen molar-refractivity contribution in [3.8, 4) is 0 Å². The van der Waals surface area contributed by atoms with Crippen molar-refractivity contribution in [2.75, 3.05) is 5.73 Å². The maximum Gasteiger partial charge on any atom is 0.274 e. The molecule has 0 saturated heterocycles. The van der Waals surface area contributed by atoms with E-state index >= 15 is 0 Å². The summed E-state index contributed by atoms with van der Waals surface area (Å²) in [5, 5.41) is 9.42. The van der Waals surface area contributed by atoms with E-state index in [2.05, 4.69) is 41.5 Å². The fraction of sp³-hybridized carbons (Fsp3) is 0.333. The van der Waals surface area contributed by atoms with Crippen molar-refractivity contribution >= 4 is 11.6 Å². The van der Waals surface area contributed by atoms with Gasteiger partial charge in [0.2, 0.25) is 0 Å². The highest BCUT2D eigenvalue weighted by Crippen LogP contribution is 2.15. The van der Waals surface area contributed by atoms with Crippen LogP contribution >= 0.6 is 0 Å². The van der Waals surface area contributed by atoms with E-state index < -0.39 is 0 Å².